The summed E-state index contributed by atoms with van der Waals surface area (Å²) in [6.45, 7) is 2.04. The van der Waals surface area contributed by atoms with E-state index in [2.05, 4.69) is 15.4 Å². The van der Waals surface area contributed by atoms with Crippen LogP contribution in [0, 0.1) is 6.92 Å². The van der Waals surface area contributed by atoms with Gasteiger partial charge in [-0.15, -0.1) is 16.4 Å². The first kappa shape index (κ1) is 17.0. The minimum Gasteiger partial charge on any atom is -0.289 e. The molecule has 0 saturated carbocycles. The lowest BCUT2D eigenvalue weighted by molar-refractivity contribution is 0.102. The van der Waals surface area contributed by atoms with Crippen molar-refractivity contribution in [2.24, 2.45) is 0 Å². The van der Waals surface area contributed by atoms with Crippen LogP contribution in [-0.4, -0.2) is 20.5 Å². The largest absolute Gasteiger partial charge is 0.289 e. The molecule has 5 nitrogen and oxygen atoms in total. The topological polar surface area (TPSA) is 59.3 Å². The zero-order valence-corrected chi connectivity index (χ0v) is 15.9. The van der Waals surface area contributed by atoms with Gasteiger partial charge >= 0.3 is 0 Å². The first-order valence-corrected chi connectivity index (χ1v) is 9.32. The van der Waals surface area contributed by atoms with Gasteiger partial charge in [-0.25, -0.2) is 4.52 Å². The second kappa shape index (κ2) is 6.72. The number of nitrogens with one attached hydrogen (secondary N) is 1. The summed E-state index contributed by atoms with van der Waals surface area (Å²) in [6, 6.07) is 12.9. The van der Waals surface area contributed by atoms with Gasteiger partial charge in [0.1, 0.15) is 0 Å². The van der Waals surface area contributed by atoms with E-state index < -0.39 is 5.91 Å². The van der Waals surface area contributed by atoms with E-state index in [0.717, 1.165) is 11.3 Å². The highest BCUT2D eigenvalue weighted by Crippen LogP contribution is 2.27. The molecule has 26 heavy (non-hydrogen) atoms. The van der Waals surface area contributed by atoms with Gasteiger partial charge in [-0.3, -0.25) is 10.1 Å². The molecule has 0 unspecified atom stereocenters. The van der Waals surface area contributed by atoms with Crippen LogP contribution in [0.4, 0.5) is 5.95 Å². The van der Waals surface area contributed by atoms with Crippen molar-refractivity contribution in [1.29, 1.82) is 0 Å². The van der Waals surface area contributed by atoms with Crippen LogP contribution in [-0.2, 0) is 0 Å². The van der Waals surface area contributed by atoms with Gasteiger partial charge < -0.3 is 0 Å². The Labute approximate surface area is 163 Å². The number of amides is 1. The standard InChI is InChI=1S/C18H12Cl2N4OS/c1-10-2-4-11(5-3-10)15-9-26-18-22-17(23-24(15)18)21-16(25)13-8-12(19)6-7-14(13)20/h2-9H,1H3,(H,21,23,25). The number of rotatable bonds is 3. The summed E-state index contributed by atoms with van der Waals surface area (Å²) < 4.78 is 1.71. The van der Waals surface area contributed by atoms with Crippen LogP contribution < -0.4 is 5.32 Å². The lowest BCUT2D eigenvalue weighted by Gasteiger charge is -2.04. The molecule has 4 aromatic rings. The number of fused-ring (bicyclic) bond motifs is 1. The molecular formula is C18H12Cl2N4OS. The number of carbonyl (C=O) groups excluding carboxylic acids is 1. The maximum atomic E-state index is 12.4. The number of benzene rings is 2. The summed E-state index contributed by atoms with van der Waals surface area (Å²) in [5.74, 6) is -0.195. The number of anilines is 1. The molecule has 0 spiro atoms. The number of aromatic nitrogens is 3. The van der Waals surface area contributed by atoms with Crippen LogP contribution in [0.25, 0.3) is 16.2 Å². The normalized spacial score (nSPS) is 11.0. The molecule has 2 heterocycles. The highest BCUT2D eigenvalue weighted by molar-refractivity contribution is 7.15. The average Bonchev–Trinajstić information content (AvgIpc) is 3.18. The highest BCUT2D eigenvalue weighted by Gasteiger charge is 2.16. The van der Waals surface area contributed by atoms with E-state index in [9.17, 15) is 4.79 Å². The third-order valence-corrected chi connectivity index (χ3v) is 5.21. The van der Waals surface area contributed by atoms with Crippen molar-refractivity contribution in [1.82, 2.24) is 14.6 Å². The first-order valence-electron chi connectivity index (χ1n) is 7.69. The highest BCUT2D eigenvalue weighted by atomic mass is 35.5. The molecule has 2 aromatic carbocycles. The van der Waals surface area contributed by atoms with Crippen molar-refractivity contribution >= 4 is 51.4 Å². The van der Waals surface area contributed by atoms with Crippen LogP contribution in [0.3, 0.4) is 0 Å². The molecular weight excluding hydrogens is 391 g/mol. The van der Waals surface area contributed by atoms with Gasteiger partial charge in [0.05, 0.1) is 16.3 Å². The molecule has 1 N–H and O–H groups in total. The van der Waals surface area contributed by atoms with Crippen molar-refractivity contribution in [2.45, 2.75) is 6.92 Å². The zero-order chi connectivity index (χ0) is 18.3. The molecule has 2 aromatic heterocycles. The second-order valence-corrected chi connectivity index (χ2v) is 7.38. The van der Waals surface area contributed by atoms with Gasteiger partial charge in [0.15, 0.2) is 0 Å². The Hall–Kier alpha value is -2.41. The van der Waals surface area contributed by atoms with Gasteiger partial charge in [0.2, 0.25) is 4.96 Å². The maximum Gasteiger partial charge on any atom is 0.259 e. The number of thiazole rings is 1. The molecule has 0 atom stereocenters. The van der Waals surface area contributed by atoms with E-state index in [0.29, 0.717) is 15.0 Å². The van der Waals surface area contributed by atoms with E-state index in [1.807, 2.05) is 36.6 Å². The number of nitrogens with zero attached hydrogens (tertiary/aromatic N) is 3. The van der Waals surface area contributed by atoms with Crippen LogP contribution in [0.5, 0.6) is 0 Å². The Balaban J connectivity index is 1.65. The fourth-order valence-electron chi connectivity index (χ4n) is 2.50. The summed E-state index contributed by atoms with van der Waals surface area (Å²) in [5.41, 5.74) is 3.41. The molecule has 1 amide bonds. The third-order valence-electron chi connectivity index (χ3n) is 3.83. The maximum absolute atomic E-state index is 12.4. The molecule has 4 rings (SSSR count). The first-order chi connectivity index (χ1) is 12.5. The Morgan fingerprint density at radius 1 is 1.15 bits per heavy atom. The molecule has 0 aliphatic heterocycles. The van der Waals surface area contributed by atoms with Crippen molar-refractivity contribution in [2.75, 3.05) is 5.32 Å². The smallest absolute Gasteiger partial charge is 0.259 e. The van der Waals surface area contributed by atoms with Gasteiger partial charge in [-0.1, -0.05) is 53.0 Å². The monoisotopic (exact) mass is 402 g/mol. The van der Waals surface area contributed by atoms with E-state index in [1.165, 1.54) is 23.0 Å². The summed E-state index contributed by atoms with van der Waals surface area (Å²) >= 11 is 13.5. The van der Waals surface area contributed by atoms with E-state index in [-0.39, 0.29) is 11.5 Å². The summed E-state index contributed by atoms with van der Waals surface area (Å²) in [6.07, 6.45) is 0. The predicted molar refractivity (Wildman–Crippen MR) is 105 cm³/mol. The average molecular weight is 403 g/mol. The second-order valence-electron chi connectivity index (χ2n) is 5.70. The number of hydrogen-bond donors (Lipinski definition) is 1. The van der Waals surface area contributed by atoms with Crippen LogP contribution >= 0.6 is 34.5 Å². The molecule has 0 saturated heterocycles. The van der Waals surface area contributed by atoms with Crippen LogP contribution in [0.15, 0.2) is 47.8 Å². The molecule has 130 valence electrons. The molecule has 0 aliphatic rings. The summed E-state index contributed by atoms with van der Waals surface area (Å²) in [4.78, 5) is 17.5. The molecule has 8 heteroatoms. The van der Waals surface area contributed by atoms with Crippen molar-refractivity contribution in [3.05, 3.63) is 69.0 Å². The van der Waals surface area contributed by atoms with Gasteiger partial charge in [-0.2, -0.15) is 4.98 Å². The van der Waals surface area contributed by atoms with Crippen LogP contribution in [0.2, 0.25) is 10.0 Å². The lowest BCUT2D eigenvalue weighted by Crippen LogP contribution is -2.13. The van der Waals surface area contributed by atoms with E-state index in [1.54, 1.807) is 16.6 Å². The number of aryl methyl sites for hydroxylation is 1. The van der Waals surface area contributed by atoms with E-state index >= 15 is 0 Å². The number of hydrogen-bond acceptors (Lipinski definition) is 4. The Morgan fingerprint density at radius 3 is 2.69 bits per heavy atom. The summed E-state index contributed by atoms with van der Waals surface area (Å²) in [5, 5.41) is 9.80. The minimum atomic E-state index is -0.410. The number of halogens is 2. The molecule has 0 fully saturated rings. The van der Waals surface area contributed by atoms with Crippen molar-refractivity contribution < 1.29 is 4.79 Å². The zero-order valence-electron chi connectivity index (χ0n) is 13.5. The van der Waals surface area contributed by atoms with Gasteiger partial charge in [-0.05, 0) is 25.1 Å². The Kier molecular flexibility index (Phi) is 4.40. The fourth-order valence-corrected chi connectivity index (χ4v) is 3.70. The van der Waals surface area contributed by atoms with E-state index in [4.69, 9.17) is 23.2 Å². The SMILES string of the molecule is Cc1ccc(-c2csc3nc(NC(=O)c4cc(Cl)ccc4Cl)nn23)cc1. The summed E-state index contributed by atoms with van der Waals surface area (Å²) in [7, 11) is 0. The van der Waals surface area contributed by atoms with Crippen molar-refractivity contribution in [3.8, 4) is 11.3 Å². The van der Waals surface area contributed by atoms with Gasteiger partial charge in [0, 0.05) is 16.0 Å². The van der Waals surface area contributed by atoms with Crippen LogP contribution in [0.1, 0.15) is 15.9 Å². The quantitative estimate of drug-likeness (QED) is 0.503. The lowest BCUT2D eigenvalue weighted by atomic mass is 10.1. The predicted octanol–water partition coefficient (Wildman–Crippen LogP) is 5.33. The molecule has 0 bridgehead atoms. The Bertz CT molecular complexity index is 1120. The van der Waals surface area contributed by atoms with Gasteiger partial charge in [0.25, 0.3) is 11.9 Å². The third kappa shape index (κ3) is 3.19. The Morgan fingerprint density at radius 2 is 1.92 bits per heavy atom. The fraction of sp³-hybridized carbons (Fsp3) is 0.0556. The molecule has 0 radical (unpaired) electrons. The number of carbonyl (C=O) groups is 1. The molecule has 0 aliphatic carbocycles. The van der Waals surface area contributed by atoms with Crippen molar-refractivity contribution in [3.63, 3.8) is 0 Å². The minimum absolute atomic E-state index is 0.214.